The van der Waals surface area contributed by atoms with Crippen molar-refractivity contribution in [3.05, 3.63) is 65.7 Å². The van der Waals surface area contributed by atoms with E-state index in [2.05, 4.69) is 4.72 Å². The number of nitrogens with one attached hydrogen (secondary N) is 1. The maximum atomic E-state index is 13.4. The molecule has 38 heavy (non-hydrogen) atoms. The number of benzene rings is 2. The van der Waals surface area contributed by atoms with Crippen LogP contribution in [0.25, 0.3) is 0 Å². The summed E-state index contributed by atoms with van der Waals surface area (Å²) < 4.78 is 43.9. The van der Waals surface area contributed by atoms with E-state index in [1.54, 1.807) is 18.7 Å². The number of rotatable bonds is 8. The van der Waals surface area contributed by atoms with Gasteiger partial charge in [-0.3, -0.25) is 4.21 Å². The molecule has 2 aromatic rings. The molecule has 3 atom stereocenters. The van der Waals surface area contributed by atoms with Gasteiger partial charge < -0.3 is 23.5 Å². The van der Waals surface area contributed by atoms with Crippen molar-refractivity contribution in [2.45, 2.75) is 89.7 Å². The normalized spacial score (nSPS) is 24.7. The van der Waals surface area contributed by atoms with Crippen LogP contribution < -0.4 is 10.2 Å². The van der Waals surface area contributed by atoms with Crippen LogP contribution in [0.2, 0.25) is 0 Å². The minimum Gasteiger partial charge on any atom is -0.760 e. The summed E-state index contributed by atoms with van der Waals surface area (Å²) in [4.78, 5) is 15.2. The third kappa shape index (κ3) is 5.84. The van der Waals surface area contributed by atoms with Gasteiger partial charge in [-0.15, -0.1) is 0 Å². The Hall–Kier alpha value is -2.24. The van der Waals surface area contributed by atoms with E-state index in [1.165, 1.54) is 0 Å². The molecule has 8 nitrogen and oxygen atoms in total. The first-order valence-electron chi connectivity index (χ1n) is 13.0. The molecule has 10 heteroatoms. The molecule has 1 unspecified atom stereocenters. The molecule has 206 valence electrons. The van der Waals surface area contributed by atoms with Crippen LogP contribution in [0, 0.1) is 0 Å². The topological polar surface area (TPSA) is 100 Å². The van der Waals surface area contributed by atoms with E-state index in [4.69, 9.17) is 14.0 Å². The van der Waals surface area contributed by atoms with Gasteiger partial charge in [-0.1, -0.05) is 54.6 Å². The molecule has 2 fully saturated rings. The van der Waals surface area contributed by atoms with Gasteiger partial charge in [0.1, 0.15) is 5.60 Å². The van der Waals surface area contributed by atoms with Gasteiger partial charge in [0, 0.05) is 36.2 Å². The SMILES string of the molecule is C[C@@H](c1ccc(B2OC(C)(C)C(C)(C)O2)cc1)N1CC[C@](CC(C)(C)NS(=O)[O-])(c2ccccc2)OC1=O. The maximum Gasteiger partial charge on any atom is 0.494 e. The van der Waals surface area contributed by atoms with E-state index in [0.717, 1.165) is 16.6 Å². The summed E-state index contributed by atoms with van der Waals surface area (Å²) in [5.74, 6) is 0. The Morgan fingerprint density at radius 3 is 2.16 bits per heavy atom. The van der Waals surface area contributed by atoms with Crippen LogP contribution in [-0.4, -0.2) is 50.2 Å². The third-order valence-electron chi connectivity index (χ3n) is 8.07. The Bertz CT molecular complexity index is 1160. The van der Waals surface area contributed by atoms with Gasteiger partial charge in [0.2, 0.25) is 0 Å². The fourth-order valence-corrected chi connectivity index (χ4v) is 5.78. The largest absolute Gasteiger partial charge is 0.760 e. The quantitative estimate of drug-likeness (QED) is 0.394. The molecular weight excluding hydrogens is 503 g/mol. The van der Waals surface area contributed by atoms with Crippen molar-refractivity contribution in [3.8, 4) is 0 Å². The first kappa shape index (κ1) is 28.8. The van der Waals surface area contributed by atoms with Crippen LogP contribution in [0.1, 0.15) is 78.5 Å². The molecule has 4 rings (SSSR count). The first-order valence-corrected chi connectivity index (χ1v) is 14.1. The highest BCUT2D eigenvalue weighted by molar-refractivity contribution is 7.77. The van der Waals surface area contributed by atoms with Gasteiger partial charge in [-0.2, -0.15) is 0 Å². The second-order valence-corrected chi connectivity index (χ2v) is 12.7. The minimum atomic E-state index is -2.44. The summed E-state index contributed by atoms with van der Waals surface area (Å²) >= 11 is -2.44. The van der Waals surface area contributed by atoms with Crippen LogP contribution in [0.5, 0.6) is 0 Å². The standard InChI is InChI=1S/C28H39BN2O6S/c1-20(21-13-15-23(16-14-21)29-36-26(4,5)27(6,7)37-29)31-18-17-28(35-24(31)32,22-11-9-8-10-12-22)19-25(2,3)30-38(33)34/h8-16,20,30H,17-19H2,1-7H3,(H,33,34)/p-1/t20-,28-/m0/s1. The lowest BCUT2D eigenvalue weighted by atomic mass is 9.78. The second kappa shape index (κ2) is 10.4. The van der Waals surface area contributed by atoms with Crippen molar-refractivity contribution < 1.29 is 27.6 Å². The van der Waals surface area contributed by atoms with Crippen molar-refractivity contribution in [2.75, 3.05) is 6.54 Å². The van der Waals surface area contributed by atoms with Gasteiger partial charge in [0.05, 0.1) is 17.2 Å². The van der Waals surface area contributed by atoms with Crippen molar-refractivity contribution in [1.82, 2.24) is 9.62 Å². The average Bonchev–Trinajstić information content (AvgIpc) is 3.05. The van der Waals surface area contributed by atoms with E-state index in [-0.39, 0.29) is 6.04 Å². The van der Waals surface area contributed by atoms with Crippen LogP contribution in [0.3, 0.4) is 0 Å². The van der Waals surface area contributed by atoms with Crippen LogP contribution >= 0.6 is 0 Å². The van der Waals surface area contributed by atoms with Gasteiger partial charge in [0.25, 0.3) is 0 Å². The Kier molecular flexibility index (Phi) is 7.86. The highest BCUT2D eigenvalue weighted by atomic mass is 32.2. The average molecular weight is 541 g/mol. The molecule has 0 spiro atoms. The van der Waals surface area contributed by atoms with Crippen LogP contribution in [-0.2, 0) is 30.9 Å². The van der Waals surface area contributed by atoms with Gasteiger partial charge in [-0.25, -0.2) is 9.52 Å². The molecule has 0 aromatic heterocycles. The highest BCUT2D eigenvalue weighted by Crippen LogP contribution is 2.42. The summed E-state index contributed by atoms with van der Waals surface area (Å²) in [6.07, 6.45) is 0.395. The summed E-state index contributed by atoms with van der Waals surface area (Å²) in [5, 5.41) is 0. The molecule has 0 saturated carbocycles. The number of ether oxygens (including phenoxy) is 1. The lowest BCUT2D eigenvalue weighted by Crippen LogP contribution is -2.54. The number of hydrogen-bond donors (Lipinski definition) is 1. The van der Waals surface area contributed by atoms with E-state index >= 15 is 0 Å². The third-order valence-corrected chi connectivity index (χ3v) is 8.79. The van der Waals surface area contributed by atoms with Gasteiger partial charge in [0.15, 0.2) is 0 Å². The molecule has 0 bridgehead atoms. The molecule has 0 radical (unpaired) electrons. The monoisotopic (exact) mass is 541 g/mol. The van der Waals surface area contributed by atoms with Crippen molar-refractivity contribution in [2.24, 2.45) is 0 Å². The molecule has 2 aliphatic rings. The molecule has 1 amide bonds. The lowest BCUT2D eigenvalue weighted by Gasteiger charge is -2.46. The predicted octanol–water partition coefficient (Wildman–Crippen LogP) is 4.34. The van der Waals surface area contributed by atoms with Crippen molar-refractivity contribution in [3.63, 3.8) is 0 Å². The van der Waals surface area contributed by atoms with E-state index in [9.17, 15) is 13.6 Å². The highest BCUT2D eigenvalue weighted by Gasteiger charge is 2.52. The van der Waals surface area contributed by atoms with Gasteiger partial charge in [-0.05, 0) is 65.1 Å². The summed E-state index contributed by atoms with van der Waals surface area (Å²) in [5.41, 5.74) is 0.134. The smallest absolute Gasteiger partial charge is 0.494 e. The van der Waals surface area contributed by atoms with Gasteiger partial charge >= 0.3 is 13.2 Å². The molecular formula is C28H38BN2O6S-. The van der Waals surface area contributed by atoms with Crippen molar-refractivity contribution >= 4 is 29.9 Å². The molecule has 2 aromatic carbocycles. The Morgan fingerprint density at radius 1 is 1.05 bits per heavy atom. The Morgan fingerprint density at radius 2 is 1.63 bits per heavy atom. The maximum absolute atomic E-state index is 13.4. The zero-order valence-electron chi connectivity index (χ0n) is 23.3. The molecule has 2 saturated heterocycles. The van der Waals surface area contributed by atoms with E-state index in [1.807, 2.05) is 89.2 Å². The summed E-state index contributed by atoms with van der Waals surface area (Å²) in [7, 11) is -0.448. The van der Waals surface area contributed by atoms with Crippen LogP contribution in [0.4, 0.5) is 4.79 Å². The fourth-order valence-electron chi connectivity index (χ4n) is 5.26. The Balaban J connectivity index is 1.51. The number of carbonyl (C=O) groups is 1. The fraction of sp³-hybridized carbons (Fsp3) is 0.536. The molecule has 2 aliphatic heterocycles. The van der Waals surface area contributed by atoms with Crippen LogP contribution in [0.15, 0.2) is 54.6 Å². The first-order chi connectivity index (χ1) is 17.6. The molecule has 2 heterocycles. The lowest BCUT2D eigenvalue weighted by molar-refractivity contribution is -0.0750. The van der Waals surface area contributed by atoms with E-state index in [0.29, 0.717) is 19.4 Å². The number of cyclic esters (lactones) is 1. The predicted molar refractivity (Wildman–Crippen MR) is 147 cm³/mol. The second-order valence-electron chi connectivity index (χ2n) is 12.0. The summed E-state index contributed by atoms with van der Waals surface area (Å²) in [6, 6.07) is 17.3. The summed E-state index contributed by atoms with van der Waals surface area (Å²) in [6.45, 7) is 14.1. The number of carbonyl (C=O) groups excluding carboxylic acids is 1. The minimum absolute atomic E-state index is 0.219. The zero-order chi connectivity index (χ0) is 27.9. The molecule has 0 aliphatic carbocycles. The zero-order valence-corrected chi connectivity index (χ0v) is 24.1. The van der Waals surface area contributed by atoms with Crippen molar-refractivity contribution in [1.29, 1.82) is 0 Å². The number of hydrogen-bond acceptors (Lipinski definition) is 6. The van der Waals surface area contributed by atoms with E-state index < -0.39 is 46.8 Å². The number of nitrogens with zero attached hydrogens (tertiary/aromatic N) is 1. The Labute approximate surface area is 229 Å². The molecule has 1 N–H and O–H groups in total. The number of amides is 1.